The number of ether oxygens (including phenoxy) is 1. The predicted octanol–water partition coefficient (Wildman–Crippen LogP) is 4.06. The highest BCUT2D eigenvalue weighted by Gasteiger charge is 2.16. The highest BCUT2D eigenvalue weighted by molar-refractivity contribution is 7.92. The molecule has 0 bridgehead atoms. The van der Waals surface area contributed by atoms with E-state index in [4.69, 9.17) is 4.74 Å². The number of hydrogen-bond acceptors (Lipinski definition) is 4. The lowest BCUT2D eigenvalue weighted by Crippen LogP contribution is -2.28. The minimum atomic E-state index is -3.83. The lowest BCUT2D eigenvalue weighted by Gasteiger charge is -2.17. The molecular formula is C23H23FN2O4S. The van der Waals surface area contributed by atoms with Crippen molar-refractivity contribution in [1.29, 1.82) is 0 Å². The summed E-state index contributed by atoms with van der Waals surface area (Å²) in [5.41, 5.74) is 1.95. The van der Waals surface area contributed by atoms with Gasteiger partial charge in [-0.1, -0.05) is 30.3 Å². The Hall–Kier alpha value is -3.39. The highest BCUT2D eigenvalue weighted by atomic mass is 32.2. The molecule has 0 radical (unpaired) electrons. The molecule has 3 aromatic carbocycles. The van der Waals surface area contributed by atoms with E-state index in [-0.39, 0.29) is 23.3 Å². The van der Waals surface area contributed by atoms with Crippen molar-refractivity contribution < 1.29 is 22.3 Å². The van der Waals surface area contributed by atoms with Gasteiger partial charge in [0, 0.05) is 11.3 Å². The Morgan fingerprint density at radius 1 is 1.00 bits per heavy atom. The molecule has 0 spiro atoms. The number of carbonyl (C=O) groups excluding carboxylic acids is 1. The zero-order valence-corrected chi connectivity index (χ0v) is 17.9. The summed E-state index contributed by atoms with van der Waals surface area (Å²) in [7, 11) is -2.24. The van der Waals surface area contributed by atoms with Gasteiger partial charge in [0.05, 0.1) is 24.5 Å². The molecule has 31 heavy (non-hydrogen) atoms. The highest BCUT2D eigenvalue weighted by Crippen LogP contribution is 2.24. The fourth-order valence-corrected chi connectivity index (χ4v) is 4.16. The molecule has 0 fully saturated rings. The maximum absolute atomic E-state index is 13.0. The molecule has 0 aromatic heterocycles. The van der Waals surface area contributed by atoms with Gasteiger partial charge >= 0.3 is 0 Å². The van der Waals surface area contributed by atoms with Crippen LogP contribution in [0.3, 0.4) is 0 Å². The summed E-state index contributed by atoms with van der Waals surface area (Å²) < 4.78 is 45.5. The second-order valence-corrected chi connectivity index (χ2v) is 8.65. The molecule has 6 nitrogen and oxygen atoms in total. The van der Waals surface area contributed by atoms with Crippen molar-refractivity contribution in [2.24, 2.45) is 0 Å². The van der Waals surface area contributed by atoms with Crippen LogP contribution in [0.4, 0.5) is 10.1 Å². The molecule has 162 valence electrons. The van der Waals surface area contributed by atoms with Gasteiger partial charge in [-0.15, -0.1) is 0 Å². The quantitative estimate of drug-likeness (QED) is 0.551. The molecule has 8 heteroatoms. The Morgan fingerprint density at radius 3 is 2.29 bits per heavy atom. The predicted molar refractivity (Wildman–Crippen MR) is 117 cm³/mol. The van der Waals surface area contributed by atoms with Crippen molar-refractivity contribution in [3.05, 3.63) is 89.7 Å². The SMILES string of the molecule is COc1ccccc1[C@@H](C)NC(=O)Cc1ccc(NS(=O)(=O)c2ccc(F)cc2)cc1. The Morgan fingerprint density at radius 2 is 1.65 bits per heavy atom. The van der Waals surface area contributed by atoms with Crippen LogP contribution >= 0.6 is 0 Å². The van der Waals surface area contributed by atoms with Crippen molar-refractivity contribution in [2.45, 2.75) is 24.3 Å². The molecular weight excluding hydrogens is 419 g/mol. The van der Waals surface area contributed by atoms with Gasteiger partial charge in [0.25, 0.3) is 10.0 Å². The molecule has 0 saturated heterocycles. The largest absolute Gasteiger partial charge is 0.496 e. The van der Waals surface area contributed by atoms with Gasteiger partial charge in [0.15, 0.2) is 0 Å². The number of nitrogens with one attached hydrogen (secondary N) is 2. The monoisotopic (exact) mass is 442 g/mol. The first-order valence-corrected chi connectivity index (χ1v) is 11.1. The lowest BCUT2D eigenvalue weighted by atomic mass is 10.1. The van der Waals surface area contributed by atoms with Crippen LogP contribution in [0.15, 0.2) is 77.7 Å². The average molecular weight is 443 g/mol. The minimum absolute atomic E-state index is 0.0392. The first-order valence-electron chi connectivity index (χ1n) is 9.58. The van der Waals surface area contributed by atoms with E-state index in [1.54, 1.807) is 31.4 Å². The van der Waals surface area contributed by atoms with Crippen LogP contribution < -0.4 is 14.8 Å². The average Bonchev–Trinajstić information content (AvgIpc) is 2.75. The molecule has 2 N–H and O–H groups in total. The first kappa shape index (κ1) is 22.3. The van der Waals surface area contributed by atoms with Crippen LogP contribution in [0.5, 0.6) is 5.75 Å². The zero-order valence-electron chi connectivity index (χ0n) is 17.1. The van der Waals surface area contributed by atoms with Crippen molar-refractivity contribution in [1.82, 2.24) is 5.32 Å². The Bertz CT molecular complexity index is 1150. The maximum atomic E-state index is 13.0. The molecule has 3 aromatic rings. The molecule has 3 rings (SSSR count). The molecule has 0 aliphatic rings. The second kappa shape index (κ2) is 9.61. The number of sulfonamides is 1. The van der Waals surface area contributed by atoms with Gasteiger partial charge in [-0.3, -0.25) is 9.52 Å². The summed E-state index contributed by atoms with van der Waals surface area (Å²) in [6.07, 6.45) is 0.143. The van der Waals surface area contributed by atoms with Gasteiger partial charge in [-0.2, -0.15) is 0 Å². The number of benzene rings is 3. The van der Waals surface area contributed by atoms with E-state index < -0.39 is 15.8 Å². The third-order valence-electron chi connectivity index (χ3n) is 4.68. The topological polar surface area (TPSA) is 84.5 Å². The maximum Gasteiger partial charge on any atom is 0.261 e. The van der Waals surface area contributed by atoms with Crippen molar-refractivity contribution >= 4 is 21.6 Å². The smallest absolute Gasteiger partial charge is 0.261 e. The van der Waals surface area contributed by atoms with Crippen LogP contribution in [0, 0.1) is 5.82 Å². The Balaban J connectivity index is 1.61. The summed E-state index contributed by atoms with van der Waals surface area (Å²) in [4.78, 5) is 12.4. The Kier molecular flexibility index (Phi) is 6.91. The fourth-order valence-electron chi connectivity index (χ4n) is 3.10. The van der Waals surface area contributed by atoms with Crippen LogP contribution in [0.1, 0.15) is 24.1 Å². The number of halogens is 1. The summed E-state index contributed by atoms with van der Waals surface area (Å²) >= 11 is 0. The van der Waals surface area contributed by atoms with E-state index in [0.717, 1.165) is 23.3 Å². The third kappa shape index (κ3) is 5.82. The Labute approximate surface area is 181 Å². The number of anilines is 1. The van der Waals surface area contributed by atoms with E-state index in [2.05, 4.69) is 10.0 Å². The van der Waals surface area contributed by atoms with Crippen molar-refractivity contribution in [3.63, 3.8) is 0 Å². The number of rotatable bonds is 8. The number of amides is 1. The zero-order chi connectivity index (χ0) is 22.4. The molecule has 0 unspecified atom stereocenters. The number of methoxy groups -OCH3 is 1. The van der Waals surface area contributed by atoms with Crippen molar-refractivity contribution in [3.8, 4) is 5.75 Å². The van der Waals surface area contributed by atoms with Gasteiger partial charge in [0.1, 0.15) is 11.6 Å². The van der Waals surface area contributed by atoms with E-state index >= 15 is 0 Å². The molecule has 0 saturated carbocycles. The van der Waals surface area contributed by atoms with Crippen LogP contribution in [-0.2, 0) is 21.2 Å². The van der Waals surface area contributed by atoms with Gasteiger partial charge in [-0.05, 0) is 55.0 Å². The van der Waals surface area contributed by atoms with Crippen LogP contribution in [-0.4, -0.2) is 21.4 Å². The van der Waals surface area contributed by atoms with Gasteiger partial charge < -0.3 is 10.1 Å². The number of para-hydroxylation sites is 1. The summed E-state index contributed by atoms with van der Waals surface area (Å²) in [6, 6.07) is 18.3. The summed E-state index contributed by atoms with van der Waals surface area (Å²) in [5.74, 6) is 0.0211. The molecule has 1 atom stereocenters. The summed E-state index contributed by atoms with van der Waals surface area (Å²) in [5, 5.41) is 2.94. The van der Waals surface area contributed by atoms with Crippen molar-refractivity contribution in [2.75, 3.05) is 11.8 Å². The summed E-state index contributed by atoms with van der Waals surface area (Å²) in [6.45, 7) is 1.88. The van der Waals surface area contributed by atoms with Crippen LogP contribution in [0.25, 0.3) is 0 Å². The van der Waals surface area contributed by atoms with E-state index in [1.165, 1.54) is 12.1 Å². The van der Waals surface area contributed by atoms with E-state index in [9.17, 15) is 17.6 Å². The minimum Gasteiger partial charge on any atom is -0.496 e. The van der Waals surface area contributed by atoms with E-state index in [1.807, 2.05) is 31.2 Å². The van der Waals surface area contributed by atoms with Crippen LogP contribution in [0.2, 0.25) is 0 Å². The lowest BCUT2D eigenvalue weighted by molar-refractivity contribution is -0.121. The fraction of sp³-hybridized carbons (Fsp3) is 0.174. The molecule has 0 heterocycles. The molecule has 0 aliphatic carbocycles. The molecule has 0 aliphatic heterocycles. The third-order valence-corrected chi connectivity index (χ3v) is 6.07. The number of carbonyl (C=O) groups is 1. The normalized spacial score (nSPS) is 12.1. The van der Waals surface area contributed by atoms with Gasteiger partial charge in [0.2, 0.25) is 5.91 Å². The van der Waals surface area contributed by atoms with E-state index in [0.29, 0.717) is 11.4 Å². The second-order valence-electron chi connectivity index (χ2n) is 6.96. The standard InChI is InChI=1S/C23H23FN2O4S/c1-16(21-5-3-4-6-22(21)30-2)25-23(27)15-17-7-11-19(12-8-17)26-31(28,29)20-13-9-18(24)10-14-20/h3-14,16,26H,15H2,1-2H3,(H,25,27)/t16-/m1/s1. The van der Waals surface area contributed by atoms with Gasteiger partial charge in [-0.25, -0.2) is 12.8 Å². The number of hydrogen-bond donors (Lipinski definition) is 2. The first-order chi connectivity index (χ1) is 14.8. The molecule has 1 amide bonds.